The van der Waals surface area contributed by atoms with E-state index in [2.05, 4.69) is 32.8 Å². The number of nitrogens with zero attached hydrogens (tertiary/aromatic N) is 5. The largest absolute Gasteiger partial charge is 0.378 e. The van der Waals surface area contributed by atoms with Crippen LogP contribution in [0.1, 0.15) is 26.3 Å². The molecule has 4 rings (SSSR count). The van der Waals surface area contributed by atoms with Crippen LogP contribution in [0.25, 0.3) is 11.3 Å². The molecule has 0 radical (unpaired) electrons. The Morgan fingerprint density at radius 2 is 1.89 bits per heavy atom. The topological polar surface area (TPSA) is 111 Å². The maximum atomic E-state index is 12.2. The first-order chi connectivity index (χ1) is 16.9. The van der Waals surface area contributed by atoms with Gasteiger partial charge in [0.1, 0.15) is 0 Å². The van der Waals surface area contributed by atoms with E-state index < -0.39 is 0 Å². The highest BCUT2D eigenvalue weighted by Crippen LogP contribution is 2.29. The van der Waals surface area contributed by atoms with Crippen LogP contribution < -0.4 is 10.2 Å². The normalized spacial score (nSPS) is 13.1. The quantitative estimate of drug-likeness (QED) is 0.307. The molecule has 1 saturated heterocycles. The maximum absolute atomic E-state index is 12.2. The Bertz CT molecular complexity index is 1300. The Labute approximate surface area is 208 Å². The van der Waals surface area contributed by atoms with E-state index in [1.54, 1.807) is 42.7 Å². The summed E-state index contributed by atoms with van der Waals surface area (Å²) in [5, 5.41) is 11.8. The lowest BCUT2D eigenvalue weighted by atomic mass is 10.1. The van der Waals surface area contributed by atoms with E-state index in [4.69, 9.17) is 10.00 Å². The second kappa shape index (κ2) is 10.5. The fourth-order valence-corrected chi connectivity index (χ4v) is 3.98. The van der Waals surface area contributed by atoms with E-state index in [1.165, 1.54) is 7.05 Å². The minimum Gasteiger partial charge on any atom is -0.378 e. The Kier molecular flexibility index (Phi) is 7.29. The number of aryl methyl sites for hydroxylation is 1. The monoisotopic (exact) mass is 488 g/mol. The molecule has 0 unspecified atom stereocenters. The summed E-state index contributed by atoms with van der Waals surface area (Å²) in [6, 6.07) is 12.4. The van der Waals surface area contributed by atoms with Crippen molar-refractivity contribution < 1.29 is 14.3 Å². The molecule has 0 bridgehead atoms. The number of carbonyl (C=O) groups is 2. The van der Waals surface area contributed by atoms with E-state index in [1.807, 2.05) is 19.1 Å². The van der Waals surface area contributed by atoms with Gasteiger partial charge in [-0.25, -0.2) is 14.9 Å². The summed E-state index contributed by atoms with van der Waals surface area (Å²) < 4.78 is 5.41. The molecule has 2 aromatic carbocycles. The zero-order valence-corrected chi connectivity index (χ0v) is 20.2. The van der Waals surface area contributed by atoms with Gasteiger partial charge >= 0.3 is 0 Å². The standard InChI is InChI=1S/C25H24N6O3S/c1-16-14-27-25(29-22(16)17-3-5-18(6-4-17)23(32)30(2)15-26)28-19-7-8-21(20(13-19)24(33)35)31-9-11-34-12-10-31/h3-8,13-14H,9-12H2,1-2H3,(H,33,35)(H,27,28,29). The fraction of sp³-hybridized carbons (Fsp3) is 0.240. The van der Waals surface area contributed by atoms with Crippen LogP contribution in [-0.4, -0.2) is 59.2 Å². The third-order valence-corrected chi connectivity index (χ3v) is 5.91. The molecule has 1 fully saturated rings. The summed E-state index contributed by atoms with van der Waals surface area (Å²) in [6.45, 7) is 4.55. The summed E-state index contributed by atoms with van der Waals surface area (Å²) in [5.41, 5.74) is 4.75. The zero-order valence-electron chi connectivity index (χ0n) is 19.4. The molecule has 1 aliphatic rings. The van der Waals surface area contributed by atoms with Gasteiger partial charge in [0.25, 0.3) is 5.91 Å². The van der Waals surface area contributed by atoms with Gasteiger partial charge in [-0.3, -0.25) is 9.59 Å². The molecule has 1 aliphatic heterocycles. The van der Waals surface area contributed by atoms with Crippen molar-refractivity contribution >= 4 is 41.0 Å². The highest BCUT2D eigenvalue weighted by Gasteiger charge is 2.18. The van der Waals surface area contributed by atoms with Crippen LogP contribution in [-0.2, 0) is 4.74 Å². The van der Waals surface area contributed by atoms with Crippen molar-refractivity contribution in [3.8, 4) is 17.5 Å². The van der Waals surface area contributed by atoms with E-state index in [9.17, 15) is 9.59 Å². The molecular formula is C25H24N6O3S. The lowest BCUT2D eigenvalue weighted by Gasteiger charge is -2.30. The van der Waals surface area contributed by atoms with E-state index in [0.717, 1.165) is 21.7 Å². The van der Waals surface area contributed by atoms with Gasteiger partial charge in [0, 0.05) is 48.8 Å². The Balaban J connectivity index is 1.58. The van der Waals surface area contributed by atoms with Crippen LogP contribution in [0.5, 0.6) is 0 Å². The molecule has 2 heterocycles. The molecule has 1 aromatic heterocycles. The number of carbonyl (C=O) groups excluding carboxylic acids is 2. The molecule has 178 valence electrons. The number of ether oxygens (including phenoxy) is 1. The maximum Gasteiger partial charge on any atom is 0.266 e. The number of anilines is 3. The molecule has 1 amide bonds. The van der Waals surface area contributed by atoms with Crippen molar-refractivity contribution in [2.24, 2.45) is 0 Å². The molecule has 3 aromatic rings. The lowest BCUT2D eigenvalue weighted by Crippen LogP contribution is -2.37. The molecule has 1 N–H and O–H groups in total. The first-order valence-electron chi connectivity index (χ1n) is 11.0. The number of aromatic nitrogens is 2. The van der Waals surface area contributed by atoms with Crippen LogP contribution in [0.4, 0.5) is 17.3 Å². The van der Waals surface area contributed by atoms with Crippen LogP contribution in [0.15, 0.2) is 48.7 Å². The minimum absolute atomic E-state index is 0.322. The van der Waals surface area contributed by atoms with Gasteiger partial charge in [-0.05, 0) is 42.8 Å². The van der Waals surface area contributed by atoms with Crippen molar-refractivity contribution in [1.82, 2.24) is 14.9 Å². The summed E-state index contributed by atoms with van der Waals surface area (Å²) in [7, 11) is 1.42. The summed E-state index contributed by atoms with van der Waals surface area (Å²) in [5.74, 6) is -0.0115. The smallest absolute Gasteiger partial charge is 0.266 e. The van der Waals surface area contributed by atoms with Gasteiger partial charge in [0.15, 0.2) is 6.19 Å². The lowest BCUT2D eigenvalue weighted by molar-refractivity contribution is 0.0858. The Morgan fingerprint density at radius 3 is 2.54 bits per heavy atom. The molecule has 9 nitrogen and oxygen atoms in total. The van der Waals surface area contributed by atoms with Crippen molar-refractivity contribution in [3.63, 3.8) is 0 Å². The van der Waals surface area contributed by atoms with Crippen LogP contribution in [0, 0.1) is 18.4 Å². The SMILES string of the molecule is Cc1cnc(Nc2ccc(N3CCOCC3)c(C(=O)S)c2)nc1-c1ccc(C(=O)N(C)C#N)cc1. The van der Waals surface area contributed by atoms with Gasteiger partial charge in [-0.1, -0.05) is 12.1 Å². The van der Waals surface area contributed by atoms with E-state index in [0.29, 0.717) is 54.8 Å². The summed E-state index contributed by atoms with van der Waals surface area (Å²) >= 11 is 4.07. The molecule has 10 heteroatoms. The number of nitrogens with one attached hydrogen (secondary N) is 1. The van der Waals surface area contributed by atoms with E-state index >= 15 is 0 Å². The molecule has 0 atom stereocenters. The number of hydrogen-bond acceptors (Lipinski definition) is 8. The number of morpholine rings is 1. The van der Waals surface area contributed by atoms with Gasteiger partial charge in [-0.15, -0.1) is 12.6 Å². The third-order valence-electron chi connectivity index (χ3n) is 5.67. The number of thiol groups is 1. The molecule has 35 heavy (non-hydrogen) atoms. The van der Waals surface area contributed by atoms with Crippen LogP contribution in [0.3, 0.4) is 0 Å². The van der Waals surface area contributed by atoms with Crippen LogP contribution in [0.2, 0.25) is 0 Å². The average molecular weight is 489 g/mol. The minimum atomic E-state index is -0.379. The van der Waals surface area contributed by atoms with Crippen molar-refractivity contribution in [1.29, 1.82) is 5.26 Å². The Hall–Kier alpha value is -3.94. The fourth-order valence-electron chi connectivity index (χ4n) is 3.80. The number of nitriles is 1. The number of hydrogen-bond donors (Lipinski definition) is 2. The molecule has 0 aliphatic carbocycles. The number of amides is 1. The van der Waals surface area contributed by atoms with Gasteiger partial charge in [0.05, 0.1) is 24.5 Å². The molecular weight excluding hydrogens is 464 g/mol. The Morgan fingerprint density at radius 1 is 1.17 bits per heavy atom. The van der Waals surface area contributed by atoms with Gasteiger partial charge in [-0.2, -0.15) is 5.26 Å². The molecule has 0 saturated carbocycles. The predicted molar refractivity (Wildman–Crippen MR) is 136 cm³/mol. The second-order valence-electron chi connectivity index (χ2n) is 8.03. The summed E-state index contributed by atoms with van der Waals surface area (Å²) in [6.07, 6.45) is 3.51. The van der Waals surface area contributed by atoms with Gasteiger partial charge in [0.2, 0.25) is 11.1 Å². The third kappa shape index (κ3) is 5.42. The summed E-state index contributed by atoms with van der Waals surface area (Å²) in [4.78, 5) is 36.5. The zero-order chi connectivity index (χ0) is 24.9. The predicted octanol–water partition coefficient (Wildman–Crippen LogP) is 3.66. The second-order valence-corrected chi connectivity index (χ2v) is 8.43. The average Bonchev–Trinajstić information content (AvgIpc) is 2.89. The highest BCUT2D eigenvalue weighted by atomic mass is 32.1. The van der Waals surface area contributed by atoms with Crippen molar-refractivity contribution in [2.45, 2.75) is 6.92 Å². The number of rotatable bonds is 6. The van der Waals surface area contributed by atoms with E-state index in [-0.39, 0.29) is 11.0 Å². The van der Waals surface area contributed by atoms with Crippen molar-refractivity contribution in [2.75, 3.05) is 43.6 Å². The highest BCUT2D eigenvalue weighted by molar-refractivity contribution is 7.97. The first kappa shape index (κ1) is 24.2. The number of benzene rings is 2. The van der Waals surface area contributed by atoms with Gasteiger partial charge < -0.3 is 15.0 Å². The first-order valence-corrected chi connectivity index (χ1v) is 11.4. The van der Waals surface area contributed by atoms with Crippen molar-refractivity contribution in [3.05, 3.63) is 65.4 Å². The van der Waals surface area contributed by atoms with Crippen LogP contribution >= 0.6 is 12.6 Å². The molecule has 0 spiro atoms.